The molecule has 1 aromatic rings. The van der Waals surface area contributed by atoms with Gasteiger partial charge in [0.1, 0.15) is 4.90 Å². The van der Waals surface area contributed by atoms with Crippen molar-refractivity contribution in [3.05, 3.63) is 18.3 Å². The van der Waals surface area contributed by atoms with E-state index in [0.717, 1.165) is 35.9 Å². The lowest BCUT2D eigenvalue weighted by molar-refractivity contribution is -0.125. The highest BCUT2D eigenvalue weighted by molar-refractivity contribution is 8.14. The minimum absolute atomic E-state index is 0.0991. The van der Waals surface area contributed by atoms with Crippen LogP contribution in [0, 0.1) is 0 Å². The summed E-state index contributed by atoms with van der Waals surface area (Å²) in [6.07, 6.45) is 4.11. The van der Waals surface area contributed by atoms with Gasteiger partial charge in [-0.15, -0.1) is 0 Å². The van der Waals surface area contributed by atoms with Crippen LogP contribution in [0.5, 0.6) is 0 Å². The average molecular weight is 459 g/mol. The van der Waals surface area contributed by atoms with Crippen molar-refractivity contribution in [1.82, 2.24) is 19.5 Å². The lowest BCUT2D eigenvalue weighted by atomic mass is 10.2. The summed E-state index contributed by atoms with van der Waals surface area (Å²) in [5.74, 6) is -0.249. The maximum atomic E-state index is 12.6. The molecule has 9 nitrogen and oxygen atoms in total. The number of imide groups is 1. The van der Waals surface area contributed by atoms with Crippen molar-refractivity contribution in [2.24, 2.45) is 0 Å². The van der Waals surface area contributed by atoms with E-state index in [1.807, 2.05) is 0 Å². The molecule has 3 heterocycles. The number of carbonyl (C=O) groups is 3. The molecule has 2 aliphatic heterocycles. The highest BCUT2D eigenvalue weighted by Crippen LogP contribution is 2.22. The molecule has 12 heteroatoms. The number of piperidine rings is 1. The van der Waals surface area contributed by atoms with Crippen LogP contribution in [0.3, 0.4) is 0 Å². The summed E-state index contributed by atoms with van der Waals surface area (Å²) in [5, 5.41) is 2.91. The van der Waals surface area contributed by atoms with Gasteiger partial charge in [-0.25, -0.2) is 13.4 Å². The Labute approximate surface area is 178 Å². The summed E-state index contributed by atoms with van der Waals surface area (Å²) in [6, 6.07) is 3.10. The van der Waals surface area contributed by atoms with E-state index in [2.05, 4.69) is 10.3 Å². The summed E-state index contributed by atoms with van der Waals surface area (Å²) in [4.78, 5) is 40.3. The summed E-state index contributed by atoms with van der Waals surface area (Å²) >= 11 is 2.14. The summed E-state index contributed by atoms with van der Waals surface area (Å²) < 4.78 is 26.7. The first-order valence-corrected chi connectivity index (χ1v) is 12.6. The molecule has 0 radical (unpaired) electrons. The minimum Gasteiger partial charge on any atom is -0.354 e. The average Bonchev–Trinajstić information content (AvgIpc) is 3.05. The first-order chi connectivity index (χ1) is 13.9. The van der Waals surface area contributed by atoms with Crippen molar-refractivity contribution in [2.45, 2.75) is 29.2 Å². The van der Waals surface area contributed by atoms with Gasteiger partial charge >= 0.3 is 0 Å². The first kappa shape index (κ1) is 22.1. The first-order valence-electron chi connectivity index (χ1n) is 9.21. The van der Waals surface area contributed by atoms with E-state index in [0.29, 0.717) is 18.1 Å². The topological polar surface area (TPSA) is 117 Å². The zero-order valence-electron chi connectivity index (χ0n) is 15.7. The van der Waals surface area contributed by atoms with E-state index >= 15 is 0 Å². The quantitative estimate of drug-likeness (QED) is 0.577. The van der Waals surface area contributed by atoms with Crippen molar-refractivity contribution >= 4 is 50.6 Å². The number of rotatable bonds is 8. The second-order valence-corrected chi connectivity index (χ2v) is 10.4. The number of sulfonamides is 1. The van der Waals surface area contributed by atoms with Crippen molar-refractivity contribution < 1.29 is 22.8 Å². The van der Waals surface area contributed by atoms with Crippen LogP contribution in [-0.4, -0.2) is 77.3 Å². The SMILES string of the molecule is O=C(CSc1ccc(S(=O)(=O)N2CCCCC2)cn1)NCCN1C(=O)CSC1=O. The van der Waals surface area contributed by atoms with Gasteiger partial charge in [0, 0.05) is 32.4 Å². The van der Waals surface area contributed by atoms with Crippen LogP contribution in [0.25, 0.3) is 0 Å². The highest BCUT2D eigenvalue weighted by Gasteiger charge is 2.29. The molecular formula is C17H22N4O5S3. The Bertz CT molecular complexity index is 854. The Morgan fingerprint density at radius 1 is 1.21 bits per heavy atom. The third-order valence-corrected chi connectivity index (χ3v) is 8.20. The van der Waals surface area contributed by atoms with Gasteiger partial charge in [0.2, 0.25) is 21.8 Å². The van der Waals surface area contributed by atoms with Gasteiger partial charge in [0.25, 0.3) is 5.24 Å². The molecule has 0 aliphatic carbocycles. The fourth-order valence-corrected chi connectivity index (χ4v) is 5.84. The second kappa shape index (κ2) is 9.92. The molecule has 0 unspecified atom stereocenters. The number of carbonyl (C=O) groups excluding carboxylic acids is 3. The maximum Gasteiger partial charge on any atom is 0.288 e. The molecule has 3 rings (SSSR count). The predicted octanol–water partition coefficient (Wildman–Crippen LogP) is 1.16. The van der Waals surface area contributed by atoms with Gasteiger partial charge in [-0.3, -0.25) is 19.3 Å². The van der Waals surface area contributed by atoms with Crippen LogP contribution >= 0.6 is 23.5 Å². The number of nitrogens with one attached hydrogen (secondary N) is 1. The molecular weight excluding hydrogens is 436 g/mol. The molecule has 29 heavy (non-hydrogen) atoms. The third-order valence-electron chi connectivity index (χ3n) is 4.51. The summed E-state index contributed by atoms with van der Waals surface area (Å²) in [7, 11) is -3.52. The predicted molar refractivity (Wildman–Crippen MR) is 110 cm³/mol. The number of nitrogens with zero attached hydrogens (tertiary/aromatic N) is 3. The normalized spacial score (nSPS) is 18.3. The molecule has 0 aromatic carbocycles. The Balaban J connectivity index is 1.44. The molecule has 0 bridgehead atoms. The second-order valence-electron chi connectivity index (χ2n) is 6.54. The number of thioether (sulfide) groups is 2. The fraction of sp³-hybridized carbons (Fsp3) is 0.529. The van der Waals surface area contributed by atoms with Crippen LogP contribution < -0.4 is 5.32 Å². The van der Waals surface area contributed by atoms with Crippen LogP contribution in [-0.2, 0) is 19.6 Å². The third kappa shape index (κ3) is 5.71. The van der Waals surface area contributed by atoms with E-state index in [4.69, 9.17) is 0 Å². The molecule has 1 aromatic heterocycles. The zero-order valence-corrected chi connectivity index (χ0v) is 18.2. The number of pyridine rings is 1. The molecule has 0 atom stereocenters. The van der Waals surface area contributed by atoms with E-state index < -0.39 is 10.0 Å². The van der Waals surface area contributed by atoms with Gasteiger partial charge in [-0.2, -0.15) is 4.31 Å². The largest absolute Gasteiger partial charge is 0.354 e. The molecule has 0 spiro atoms. The minimum atomic E-state index is -3.52. The molecule has 3 amide bonds. The van der Waals surface area contributed by atoms with Crippen LogP contribution in [0.15, 0.2) is 28.3 Å². The van der Waals surface area contributed by atoms with Crippen LogP contribution in [0.4, 0.5) is 4.79 Å². The zero-order chi connectivity index (χ0) is 20.9. The highest BCUT2D eigenvalue weighted by atomic mass is 32.2. The monoisotopic (exact) mass is 458 g/mol. The Morgan fingerprint density at radius 2 is 1.97 bits per heavy atom. The standard InChI is InChI=1S/C17H22N4O5S3/c22-14(18-6-9-21-16(23)12-28-17(21)24)11-27-15-5-4-13(10-19-15)29(25,26)20-7-2-1-3-8-20/h4-5,10H,1-3,6-9,11-12H2,(H,18,22). The molecule has 2 saturated heterocycles. The molecule has 2 aliphatic rings. The van der Waals surface area contributed by atoms with E-state index in [1.165, 1.54) is 28.3 Å². The Hall–Kier alpha value is -1.63. The van der Waals surface area contributed by atoms with Gasteiger partial charge in [0.15, 0.2) is 0 Å². The Kier molecular flexibility index (Phi) is 7.55. The van der Waals surface area contributed by atoms with Crippen LogP contribution in [0.1, 0.15) is 19.3 Å². The van der Waals surface area contributed by atoms with Gasteiger partial charge in [-0.05, 0) is 25.0 Å². The molecule has 0 saturated carbocycles. The van der Waals surface area contributed by atoms with Gasteiger partial charge < -0.3 is 5.32 Å². The lowest BCUT2D eigenvalue weighted by Crippen LogP contribution is -2.38. The molecule has 1 N–H and O–H groups in total. The molecule has 158 valence electrons. The number of amides is 3. The smallest absolute Gasteiger partial charge is 0.288 e. The summed E-state index contributed by atoms with van der Waals surface area (Å²) in [5.41, 5.74) is 0. The number of aromatic nitrogens is 1. The Morgan fingerprint density at radius 3 is 2.59 bits per heavy atom. The van der Waals surface area contributed by atoms with E-state index in [1.54, 1.807) is 6.07 Å². The fourth-order valence-electron chi connectivity index (χ4n) is 2.95. The van der Waals surface area contributed by atoms with Crippen molar-refractivity contribution in [3.8, 4) is 0 Å². The van der Waals surface area contributed by atoms with Crippen molar-refractivity contribution in [1.29, 1.82) is 0 Å². The van der Waals surface area contributed by atoms with E-state index in [9.17, 15) is 22.8 Å². The van der Waals surface area contributed by atoms with Gasteiger partial charge in [-0.1, -0.05) is 29.9 Å². The van der Waals surface area contributed by atoms with Crippen molar-refractivity contribution in [3.63, 3.8) is 0 Å². The summed E-state index contributed by atoms with van der Waals surface area (Å²) in [6.45, 7) is 1.42. The van der Waals surface area contributed by atoms with Crippen molar-refractivity contribution in [2.75, 3.05) is 37.7 Å². The number of hydrogen-bond acceptors (Lipinski definition) is 8. The lowest BCUT2D eigenvalue weighted by Gasteiger charge is -2.25. The maximum absolute atomic E-state index is 12.6. The number of hydrogen-bond donors (Lipinski definition) is 1. The molecule has 2 fully saturated rings. The van der Waals surface area contributed by atoms with Crippen LogP contribution in [0.2, 0.25) is 0 Å². The van der Waals surface area contributed by atoms with E-state index in [-0.39, 0.29) is 46.5 Å². The van der Waals surface area contributed by atoms with Gasteiger partial charge in [0.05, 0.1) is 16.5 Å².